The molecule has 1 amide bonds. The molecule has 1 aliphatic rings. The van der Waals surface area contributed by atoms with Crippen LogP contribution in [0.2, 0.25) is 0 Å². The number of hydrogen-bond donors (Lipinski definition) is 0. The lowest BCUT2D eigenvalue weighted by atomic mass is 9.85. The number of sulfone groups is 1. The van der Waals surface area contributed by atoms with Gasteiger partial charge in [0, 0.05) is 18.7 Å². The van der Waals surface area contributed by atoms with E-state index in [1.165, 1.54) is 26.2 Å². The van der Waals surface area contributed by atoms with Crippen molar-refractivity contribution in [3.8, 4) is 5.69 Å². The second-order valence-electron chi connectivity index (χ2n) is 8.72. The lowest BCUT2D eigenvalue weighted by molar-refractivity contribution is -0.137. The molecule has 1 aliphatic heterocycles. The van der Waals surface area contributed by atoms with Crippen molar-refractivity contribution in [1.29, 1.82) is 0 Å². The van der Waals surface area contributed by atoms with Crippen LogP contribution in [0.1, 0.15) is 39.7 Å². The zero-order valence-electron chi connectivity index (χ0n) is 18.5. The normalized spacial score (nSPS) is 17.2. The minimum atomic E-state index is -4.65. The van der Waals surface area contributed by atoms with Crippen molar-refractivity contribution in [2.75, 3.05) is 11.4 Å². The Hall–Kier alpha value is -3.21. The lowest BCUT2D eigenvalue weighted by Gasteiger charge is -2.39. The Morgan fingerprint density at radius 2 is 1.69 bits per heavy atom. The number of halogens is 3. The molecule has 0 saturated carbocycles. The van der Waals surface area contributed by atoms with Gasteiger partial charge in [-0.05, 0) is 68.7 Å². The third kappa shape index (κ3) is 4.95. The van der Waals surface area contributed by atoms with Crippen molar-refractivity contribution in [2.24, 2.45) is 5.92 Å². The Labute approximate surface area is 202 Å². The van der Waals surface area contributed by atoms with Crippen LogP contribution in [0.3, 0.4) is 0 Å². The zero-order valence-corrected chi connectivity index (χ0v) is 19.3. The maximum absolute atomic E-state index is 13.3. The summed E-state index contributed by atoms with van der Waals surface area (Å²) >= 11 is 0. The smallest absolute Gasteiger partial charge is 0.312 e. The molecule has 3 aromatic rings. The number of anilines is 1. The van der Waals surface area contributed by atoms with Gasteiger partial charge in [-0.15, -0.1) is 0 Å². The van der Waals surface area contributed by atoms with Gasteiger partial charge in [-0.2, -0.15) is 18.3 Å². The van der Waals surface area contributed by atoms with E-state index in [0.717, 1.165) is 17.8 Å². The predicted molar refractivity (Wildman–Crippen MR) is 126 cm³/mol. The summed E-state index contributed by atoms with van der Waals surface area (Å²) in [7, 11) is -4.14. The summed E-state index contributed by atoms with van der Waals surface area (Å²) in [6.07, 6.45) is -1.33. The Morgan fingerprint density at radius 1 is 1.03 bits per heavy atom. The van der Waals surface area contributed by atoms with E-state index in [0.29, 0.717) is 24.7 Å². The second-order valence-corrected chi connectivity index (χ2v) is 11.3. The summed E-state index contributed by atoms with van der Waals surface area (Å²) in [5.41, 5.74) is 0.423. The average molecular weight is 509 g/mol. The Bertz CT molecular complexity index is 1290. The van der Waals surface area contributed by atoms with Crippen molar-refractivity contribution in [3.05, 3.63) is 66.7 Å². The van der Waals surface area contributed by atoms with Gasteiger partial charge >= 0.3 is 6.18 Å². The van der Waals surface area contributed by atoms with Crippen LogP contribution in [0.25, 0.3) is 5.69 Å². The molecule has 0 N–H and O–H groups in total. The largest absolute Gasteiger partial charge is 0.416 e. The fourth-order valence-corrected chi connectivity index (χ4v) is 5.98. The topological polar surface area (TPSA) is 85.2 Å². The molecule has 35 heavy (non-hydrogen) atoms. The highest BCUT2D eigenvalue weighted by Crippen LogP contribution is 2.40. The van der Waals surface area contributed by atoms with E-state index in [2.05, 4.69) is 10.1 Å². The maximum atomic E-state index is 13.3. The highest BCUT2D eigenvalue weighted by molar-refractivity contribution is 7.92. The molecule has 1 saturated heterocycles. The second kappa shape index (κ2) is 9.44. The first kappa shape index (κ1) is 26.4. The summed E-state index contributed by atoms with van der Waals surface area (Å²) in [4.78, 5) is 18.1. The molecule has 2 aromatic carbocycles. The van der Waals surface area contributed by atoms with Crippen molar-refractivity contribution < 1.29 is 26.4 Å². The predicted octanol–water partition coefficient (Wildman–Crippen LogP) is 4.92. The number of carbonyl (C=O) groups is 1. The van der Waals surface area contributed by atoms with Gasteiger partial charge in [-0.25, -0.2) is 18.1 Å². The van der Waals surface area contributed by atoms with E-state index < -0.39 is 37.1 Å². The molecule has 1 aromatic heterocycles. The SMILES string of the molecule is C.CC(C)([C@@H]1CCN(c2ccc(-n3cncn3)cc2)C(=O)C1)S(=O)(=O)c1cccc(C(F)(F)F)c1. The Morgan fingerprint density at radius 3 is 2.26 bits per heavy atom. The van der Waals surface area contributed by atoms with E-state index >= 15 is 0 Å². The van der Waals surface area contributed by atoms with E-state index in [-0.39, 0.29) is 19.8 Å². The molecule has 0 aliphatic carbocycles. The van der Waals surface area contributed by atoms with Crippen molar-refractivity contribution in [3.63, 3.8) is 0 Å². The van der Waals surface area contributed by atoms with Gasteiger partial charge in [0.15, 0.2) is 9.84 Å². The van der Waals surface area contributed by atoms with Gasteiger partial charge in [-0.1, -0.05) is 13.5 Å². The molecule has 0 spiro atoms. The number of alkyl halides is 3. The quantitative estimate of drug-likeness (QED) is 0.489. The van der Waals surface area contributed by atoms with Gasteiger partial charge in [0.2, 0.25) is 5.91 Å². The van der Waals surface area contributed by atoms with E-state index in [1.54, 1.807) is 40.2 Å². The molecular formula is C24H27F3N4O3S. The van der Waals surface area contributed by atoms with Gasteiger partial charge in [0.25, 0.3) is 0 Å². The third-order valence-corrected chi connectivity index (χ3v) is 9.01. The maximum Gasteiger partial charge on any atom is 0.416 e. The van der Waals surface area contributed by atoms with Crippen LogP contribution in [0.5, 0.6) is 0 Å². The van der Waals surface area contributed by atoms with Crippen molar-refractivity contribution in [1.82, 2.24) is 14.8 Å². The summed E-state index contributed by atoms with van der Waals surface area (Å²) in [5.74, 6) is -0.790. The fraction of sp³-hybridized carbons (Fsp3) is 0.375. The van der Waals surface area contributed by atoms with Crippen molar-refractivity contribution >= 4 is 21.4 Å². The van der Waals surface area contributed by atoms with Crippen LogP contribution in [0.15, 0.2) is 66.1 Å². The van der Waals surface area contributed by atoms with Crippen LogP contribution in [-0.4, -0.2) is 40.4 Å². The first-order chi connectivity index (χ1) is 15.9. The van der Waals surface area contributed by atoms with Gasteiger partial charge < -0.3 is 4.90 Å². The minimum Gasteiger partial charge on any atom is -0.312 e. The summed E-state index contributed by atoms with van der Waals surface area (Å²) < 4.78 is 66.2. The van der Waals surface area contributed by atoms with E-state index in [4.69, 9.17) is 0 Å². The minimum absolute atomic E-state index is 0. The highest BCUT2D eigenvalue weighted by atomic mass is 32.2. The molecule has 1 fully saturated rings. The monoisotopic (exact) mass is 508 g/mol. The molecule has 0 radical (unpaired) electrons. The number of nitrogens with zero attached hydrogens (tertiary/aromatic N) is 4. The molecule has 4 rings (SSSR count). The summed E-state index contributed by atoms with van der Waals surface area (Å²) in [6.45, 7) is 3.25. The summed E-state index contributed by atoms with van der Waals surface area (Å²) in [5, 5.41) is 4.05. The lowest BCUT2D eigenvalue weighted by Crippen LogP contribution is -2.48. The number of carbonyl (C=O) groups excluding carboxylic acids is 1. The number of aromatic nitrogens is 3. The number of hydrogen-bond acceptors (Lipinski definition) is 5. The first-order valence-electron chi connectivity index (χ1n) is 10.6. The van der Waals surface area contributed by atoms with Crippen LogP contribution in [0, 0.1) is 5.92 Å². The van der Waals surface area contributed by atoms with Crippen molar-refractivity contribution in [2.45, 2.75) is 49.9 Å². The van der Waals surface area contributed by atoms with Crippen LogP contribution >= 0.6 is 0 Å². The average Bonchev–Trinajstić information content (AvgIpc) is 3.33. The van der Waals surface area contributed by atoms with Crippen LogP contribution in [0.4, 0.5) is 18.9 Å². The molecule has 188 valence electrons. The number of benzene rings is 2. The molecule has 0 bridgehead atoms. The molecule has 1 atom stereocenters. The zero-order chi connectivity index (χ0) is 24.7. The third-order valence-electron chi connectivity index (χ3n) is 6.42. The van der Waals surface area contributed by atoms with E-state index in [1.807, 2.05) is 0 Å². The van der Waals surface area contributed by atoms with Gasteiger partial charge in [0.05, 0.1) is 20.9 Å². The Kier molecular flexibility index (Phi) is 7.12. The standard InChI is InChI=1S/C23H23F3N4O3S.CH4/c1-22(2,34(32,33)20-5-3-4-17(12-20)23(24,25)26)16-10-11-29(21(31)13-16)18-6-8-19(9-7-18)30-15-27-14-28-30;/h3-9,12,14-16H,10-11,13H2,1-2H3;1H4/t16-;/m1./s1. The molecule has 0 unspecified atom stereocenters. The number of rotatable bonds is 5. The first-order valence-corrected chi connectivity index (χ1v) is 12.1. The molecule has 11 heteroatoms. The summed E-state index contributed by atoms with van der Waals surface area (Å²) in [6, 6.07) is 10.9. The van der Waals surface area contributed by atoms with Gasteiger partial charge in [0.1, 0.15) is 12.7 Å². The van der Waals surface area contributed by atoms with Crippen LogP contribution < -0.4 is 4.90 Å². The van der Waals surface area contributed by atoms with Gasteiger partial charge in [-0.3, -0.25) is 4.79 Å². The number of piperidine rings is 1. The molecular weight excluding hydrogens is 481 g/mol. The van der Waals surface area contributed by atoms with E-state index in [9.17, 15) is 26.4 Å². The molecule has 7 nitrogen and oxygen atoms in total. The molecule has 2 heterocycles. The fourth-order valence-electron chi connectivity index (χ4n) is 4.19. The van der Waals surface area contributed by atoms with Crippen LogP contribution in [-0.2, 0) is 20.8 Å². The highest BCUT2D eigenvalue weighted by Gasteiger charge is 2.46. The Balaban J connectivity index is 0.00000342. The number of amides is 1.